The first-order valence-electron chi connectivity index (χ1n) is 10.3. The zero-order valence-electron chi connectivity index (χ0n) is 16.8. The number of sulfonamides is 1. The SMILES string of the molecule is CCCC(=O)NC1CCCN(C(=O)/C=C/c2ccc(N3CCCS3(=O)=O)cc2)C1. The van der Waals surface area contributed by atoms with E-state index < -0.39 is 10.0 Å². The number of anilines is 1. The molecular formula is C21H29N3O4S. The van der Waals surface area contributed by atoms with Crippen molar-refractivity contribution in [2.75, 3.05) is 29.7 Å². The number of rotatable bonds is 6. The van der Waals surface area contributed by atoms with Crippen LogP contribution in [-0.4, -0.2) is 56.6 Å². The number of piperidine rings is 1. The molecule has 2 fully saturated rings. The summed E-state index contributed by atoms with van der Waals surface area (Å²) < 4.78 is 25.4. The highest BCUT2D eigenvalue weighted by Crippen LogP contribution is 2.24. The number of amides is 2. The molecule has 8 heteroatoms. The van der Waals surface area contributed by atoms with Gasteiger partial charge in [0.25, 0.3) is 0 Å². The average molecular weight is 420 g/mol. The molecule has 3 rings (SSSR count). The fraction of sp³-hybridized carbons (Fsp3) is 0.524. The van der Waals surface area contributed by atoms with Crippen LogP contribution in [0.2, 0.25) is 0 Å². The fourth-order valence-corrected chi connectivity index (χ4v) is 5.34. The van der Waals surface area contributed by atoms with Crippen molar-refractivity contribution in [3.8, 4) is 0 Å². The lowest BCUT2D eigenvalue weighted by molar-refractivity contribution is -0.129. The van der Waals surface area contributed by atoms with E-state index in [9.17, 15) is 18.0 Å². The molecule has 0 aliphatic carbocycles. The standard InChI is InChI=1S/C21H29N3O4S/c1-2-5-20(25)22-18-6-3-13-23(16-18)21(26)12-9-17-7-10-19(11-8-17)24-14-4-15-29(24,27)28/h7-12,18H,2-6,13-16H2,1H3,(H,22,25)/b12-9+. The lowest BCUT2D eigenvalue weighted by Gasteiger charge is -2.32. The van der Waals surface area contributed by atoms with Crippen LogP contribution in [0.25, 0.3) is 6.08 Å². The second-order valence-electron chi connectivity index (χ2n) is 7.61. The molecule has 0 radical (unpaired) electrons. The van der Waals surface area contributed by atoms with E-state index in [1.165, 1.54) is 10.4 Å². The van der Waals surface area contributed by atoms with Gasteiger partial charge in [-0.15, -0.1) is 0 Å². The zero-order chi connectivity index (χ0) is 20.9. The summed E-state index contributed by atoms with van der Waals surface area (Å²) >= 11 is 0. The molecule has 0 aromatic heterocycles. The fourth-order valence-electron chi connectivity index (χ4n) is 3.78. The average Bonchev–Trinajstić information content (AvgIpc) is 3.06. The van der Waals surface area contributed by atoms with E-state index in [2.05, 4.69) is 5.32 Å². The molecule has 1 aromatic carbocycles. The summed E-state index contributed by atoms with van der Waals surface area (Å²) in [7, 11) is -3.19. The highest BCUT2D eigenvalue weighted by Gasteiger charge is 2.28. The number of carbonyl (C=O) groups is 2. The highest BCUT2D eigenvalue weighted by molar-refractivity contribution is 7.93. The van der Waals surface area contributed by atoms with Crippen LogP contribution in [0.3, 0.4) is 0 Å². The van der Waals surface area contributed by atoms with Crippen LogP contribution in [0.4, 0.5) is 5.69 Å². The van der Waals surface area contributed by atoms with Gasteiger partial charge in [-0.2, -0.15) is 0 Å². The van der Waals surface area contributed by atoms with Gasteiger partial charge in [0.05, 0.1) is 11.4 Å². The van der Waals surface area contributed by atoms with Crippen LogP contribution < -0.4 is 9.62 Å². The van der Waals surface area contributed by atoms with Gasteiger partial charge in [-0.05, 0) is 49.5 Å². The molecule has 158 valence electrons. The first-order chi connectivity index (χ1) is 13.9. The Balaban J connectivity index is 1.56. The molecule has 1 atom stereocenters. The van der Waals surface area contributed by atoms with Crippen molar-refractivity contribution in [3.05, 3.63) is 35.9 Å². The van der Waals surface area contributed by atoms with Crippen molar-refractivity contribution in [3.63, 3.8) is 0 Å². The molecule has 1 aromatic rings. The minimum Gasteiger partial charge on any atom is -0.352 e. The van der Waals surface area contributed by atoms with Crippen molar-refractivity contribution >= 4 is 33.6 Å². The monoisotopic (exact) mass is 419 g/mol. The summed E-state index contributed by atoms with van der Waals surface area (Å²) in [4.78, 5) is 26.1. The number of nitrogens with one attached hydrogen (secondary N) is 1. The maximum absolute atomic E-state index is 12.5. The summed E-state index contributed by atoms with van der Waals surface area (Å²) in [6.45, 7) is 3.71. The number of hydrogen-bond donors (Lipinski definition) is 1. The second kappa shape index (κ2) is 9.43. The Kier molecular flexibility index (Phi) is 6.95. The molecule has 2 saturated heterocycles. The van der Waals surface area contributed by atoms with Gasteiger partial charge in [-0.3, -0.25) is 13.9 Å². The van der Waals surface area contributed by atoms with Gasteiger partial charge in [0.2, 0.25) is 21.8 Å². The van der Waals surface area contributed by atoms with Gasteiger partial charge in [0.1, 0.15) is 0 Å². The van der Waals surface area contributed by atoms with Crippen molar-refractivity contribution in [2.24, 2.45) is 0 Å². The lowest BCUT2D eigenvalue weighted by Crippen LogP contribution is -2.49. The third kappa shape index (κ3) is 5.59. The minimum atomic E-state index is -3.19. The Morgan fingerprint density at radius 2 is 1.93 bits per heavy atom. The normalized spacial score (nSPS) is 21.5. The molecular weight excluding hydrogens is 390 g/mol. The van der Waals surface area contributed by atoms with Crippen LogP contribution in [0, 0.1) is 0 Å². The molecule has 29 heavy (non-hydrogen) atoms. The van der Waals surface area contributed by atoms with E-state index in [1.807, 2.05) is 19.1 Å². The largest absolute Gasteiger partial charge is 0.352 e. The summed E-state index contributed by atoms with van der Waals surface area (Å²) in [6.07, 6.45) is 7.01. The molecule has 1 N–H and O–H groups in total. The van der Waals surface area contributed by atoms with Crippen LogP contribution in [0.15, 0.2) is 30.3 Å². The van der Waals surface area contributed by atoms with Gasteiger partial charge in [-0.25, -0.2) is 8.42 Å². The Hall–Kier alpha value is -2.35. The Bertz CT molecular complexity index is 864. The molecule has 2 aliphatic heterocycles. The van der Waals surface area contributed by atoms with Crippen molar-refractivity contribution in [1.82, 2.24) is 10.2 Å². The maximum atomic E-state index is 12.5. The number of nitrogens with zero attached hydrogens (tertiary/aromatic N) is 2. The van der Waals surface area contributed by atoms with Gasteiger partial charge in [0, 0.05) is 38.2 Å². The number of carbonyl (C=O) groups excluding carboxylic acids is 2. The summed E-state index contributed by atoms with van der Waals surface area (Å²) in [5.74, 6) is 0.159. The molecule has 0 bridgehead atoms. The molecule has 0 spiro atoms. The van der Waals surface area contributed by atoms with Gasteiger partial charge < -0.3 is 10.2 Å². The quantitative estimate of drug-likeness (QED) is 0.716. The first kappa shape index (κ1) is 21.4. The molecule has 2 heterocycles. The first-order valence-corrected chi connectivity index (χ1v) is 11.9. The summed E-state index contributed by atoms with van der Waals surface area (Å²) in [5.41, 5.74) is 1.50. The summed E-state index contributed by atoms with van der Waals surface area (Å²) in [6, 6.07) is 7.19. The van der Waals surface area contributed by atoms with Crippen LogP contribution in [-0.2, 0) is 19.6 Å². The predicted octanol–water partition coefficient (Wildman–Crippen LogP) is 2.15. The highest BCUT2D eigenvalue weighted by atomic mass is 32.2. The maximum Gasteiger partial charge on any atom is 0.246 e. The number of likely N-dealkylation sites (tertiary alicyclic amines) is 1. The van der Waals surface area contributed by atoms with Gasteiger partial charge in [-0.1, -0.05) is 19.1 Å². The molecule has 1 unspecified atom stereocenters. The van der Waals surface area contributed by atoms with Crippen LogP contribution >= 0.6 is 0 Å². The van der Waals surface area contributed by atoms with E-state index in [4.69, 9.17) is 0 Å². The predicted molar refractivity (Wildman–Crippen MR) is 114 cm³/mol. The molecule has 0 saturated carbocycles. The van der Waals surface area contributed by atoms with Crippen molar-refractivity contribution in [2.45, 2.75) is 45.1 Å². The summed E-state index contributed by atoms with van der Waals surface area (Å²) in [5, 5.41) is 3.01. The second-order valence-corrected chi connectivity index (χ2v) is 9.62. The Morgan fingerprint density at radius 3 is 2.59 bits per heavy atom. The lowest BCUT2D eigenvalue weighted by atomic mass is 10.1. The van der Waals surface area contributed by atoms with Crippen molar-refractivity contribution < 1.29 is 18.0 Å². The van der Waals surface area contributed by atoms with Gasteiger partial charge in [0.15, 0.2) is 0 Å². The molecule has 2 aliphatic rings. The third-order valence-corrected chi connectivity index (χ3v) is 7.14. The third-order valence-electron chi connectivity index (χ3n) is 5.27. The smallest absolute Gasteiger partial charge is 0.246 e. The Morgan fingerprint density at radius 1 is 1.17 bits per heavy atom. The molecule has 2 amide bonds. The minimum absolute atomic E-state index is 0.0156. The number of hydrogen-bond acceptors (Lipinski definition) is 4. The van der Waals surface area contributed by atoms with E-state index in [1.54, 1.807) is 23.1 Å². The zero-order valence-corrected chi connectivity index (χ0v) is 17.7. The molecule has 7 nitrogen and oxygen atoms in total. The van der Waals surface area contributed by atoms with Gasteiger partial charge >= 0.3 is 0 Å². The van der Waals surface area contributed by atoms with Crippen molar-refractivity contribution in [1.29, 1.82) is 0 Å². The van der Waals surface area contributed by atoms with Crippen LogP contribution in [0.5, 0.6) is 0 Å². The van der Waals surface area contributed by atoms with E-state index in [0.29, 0.717) is 38.2 Å². The van der Waals surface area contributed by atoms with E-state index >= 15 is 0 Å². The Labute approximate surface area is 172 Å². The van der Waals surface area contributed by atoms with E-state index in [-0.39, 0.29) is 23.6 Å². The topological polar surface area (TPSA) is 86.8 Å². The van der Waals surface area contributed by atoms with E-state index in [0.717, 1.165) is 24.8 Å². The van der Waals surface area contributed by atoms with Crippen LogP contribution in [0.1, 0.15) is 44.6 Å². The number of benzene rings is 1.